The average molecular weight is 1090 g/mol. The molecule has 1 amide bonds. The van der Waals surface area contributed by atoms with Gasteiger partial charge in [-0.15, -0.1) is 0 Å². The number of unbranched alkanes of at least 4 members (excludes halogenated alkanes) is 48. The number of ether oxygens (including phenoxy) is 1. The fourth-order valence-corrected chi connectivity index (χ4v) is 10.7. The van der Waals surface area contributed by atoms with Gasteiger partial charge in [0.2, 0.25) is 5.91 Å². The van der Waals surface area contributed by atoms with Crippen LogP contribution in [-0.4, -0.2) is 47.4 Å². The van der Waals surface area contributed by atoms with Crippen LogP contribution >= 0.6 is 0 Å². The lowest BCUT2D eigenvalue weighted by Gasteiger charge is -2.20. The summed E-state index contributed by atoms with van der Waals surface area (Å²) in [5, 5.41) is 23.1. The zero-order valence-electron chi connectivity index (χ0n) is 52.4. The standard InChI is InChI=1S/C72H135NO5/c1-3-5-7-9-11-13-44-48-52-56-60-64-70(75)69(68-74)73-71(76)65-61-57-53-49-46-42-40-38-36-34-32-30-28-26-24-22-20-18-16-15-17-19-21-23-25-27-29-31-33-35-37-39-41-43-47-51-55-59-63-67-78-72(77)66-62-58-54-50-45-14-12-10-8-6-4-2/h10,12,15-16,19,21,60,64,69-70,74-75H,3-9,11,13-14,17-18,20,22-59,61-63,65-68H2,1-2H3,(H,73,76)/b12-10-,16-15-,21-19-,64-60+. The van der Waals surface area contributed by atoms with Crippen molar-refractivity contribution in [3.8, 4) is 0 Å². The molecule has 2 unspecified atom stereocenters. The Morgan fingerprint density at radius 2 is 0.654 bits per heavy atom. The molecule has 0 radical (unpaired) electrons. The maximum Gasteiger partial charge on any atom is 0.305 e. The van der Waals surface area contributed by atoms with Crippen LogP contribution in [0.4, 0.5) is 0 Å². The molecule has 0 aromatic carbocycles. The highest BCUT2D eigenvalue weighted by Crippen LogP contribution is 2.18. The van der Waals surface area contributed by atoms with Crippen molar-refractivity contribution in [1.29, 1.82) is 0 Å². The topological polar surface area (TPSA) is 95.9 Å². The predicted molar refractivity (Wildman–Crippen MR) is 342 cm³/mol. The molecule has 0 aromatic heterocycles. The van der Waals surface area contributed by atoms with Crippen LogP contribution in [-0.2, 0) is 14.3 Å². The second-order valence-corrected chi connectivity index (χ2v) is 23.9. The van der Waals surface area contributed by atoms with Gasteiger partial charge in [0, 0.05) is 12.8 Å². The number of aliphatic hydroxyl groups excluding tert-OH is 2. The van der Waals surface area contributed by atoms with E-state index in [1.807, 2.05) is 6.08 Å². The SMILES string of the molecule is CCCC/C=C\CCCCCCCC(=O)OCCCCCCCCCCCCCCCCC/C=C\C/C=C\CCCCCCCCCCCCCCCCCCCC(=O)NC(CO)C(O)/C=C/CCCCCCCCCCC. The molecule has 0 heterocycles. The Morgan fingerprint density at radius 3 is 1.03 bits per heavy atom. The maximum atomic E-state index is 12.4. The number of aliphatic hydroxyl groups is 2. The van der Waals surface area contributed by atoms with Crippen LogP contribution in [0.5, 0.6) is 0 Å². The minimum absolute atomic E-state index is 0.00884. The summed E-state index contributed by atoms with van der Waals surface area (Å²) in [7, 11) is 0. The van der Waals surface area contributed by atoms with Gasteiger partial charge in [0.25, 0.3) is 0 Å². The Labute approximate surface area is 486 Å². The summed E-state index contributed by atoms with van der Waals surface area (Å²) in [5.41, 5.74) is 0. The molecule has 78 heavy (non-hydrogen) atoms. The number of amides is 1. The van der Waals surface area contributed by atoms with E-state index < -0.39 is 12.1 Å². The number of allylic oxidation sites excluding steroid dienone is 7. The summed E-state index contributed by atoms with van der Waals surface area (Å²) < 4.78 is 5.47. The highest BCUT2D eigenvalue weighted by Gasteiger charge is 2.18. The van der Waals surface area contributed by atoms with Crippen molar-refractivity contribution in [2.45, 2.75) is 386 Å². The molecule has 6 nitrogen and oxygen atoms in total. The average Bonchev–Trinajstić information content (AvgIpc) is 3.44. The third-order valence-corrected chi connectivity index (χ3v) is 16.1. The van der Waals surface area contributed by atoms with Gasteiger partial charge in [-0.2, -0.15) is 0 Å². The van der Waals surface area contributed by atoms with Crippen LogP contribution in [0.1, 0.15) is 373 Å². The van der Waals surface area contributed by atoms with Crippen LogP contribution in [0, 0.1) is 0 Å². The first-order valence-corrected chi connectivity index (χ1v) is 34.9. The lowest BCUT2D eigenvalue weighted by Crippen LogP contribution is -2.45. The summed E-state index contributed by atoms with van der Waals surface area (Å²) in [5.74, 6) is -0.0564. The first-order chi connectivity index (χ1) is 38.5. The summed E-state index contributed by atoms with van der Waals surface area (Å²) in [6, 6.07) is -0.624. The molecule has 0 spiro atoms. The van der Waals surface area contributed by atoms with Gasteiger partial charge in [-0.1, -0.05) is 326 Å². The number of hydrogen-bond acceptors (Lipinski definition) is 5. The number of carbonyl (C=O) groups excluding carboxylic acids is 2. The van der Waals surface area contributed by atoms with Crippen molar-refractivity contribution in [1.82, 2.24) is 5.32 Å². The smallest absolute Gasteiger partial charge is 0.305 e. The third kappa shape index (κ3) is 63.0. The highest BCUT2D eigenvalue weighted by molar-refractivity contribution is 5.76. The van der Waals surface area contributed by atoms with Crippen molar-refractivity contribution in [3.05, 3.63) is 48.6 Å². The number of carbonyl (C=O) groups is 2. The molecule has 0 saturated heterocycles. The normalized spacial score (nSPS) is 12.8. The van der Waals surface area contributed by atoms with Crippen molar-refractivity contribution in [3.63, 3.8) is 0 Å². The molecule has 6 heteroatoms. The van der Waals surface area contributed by atoms with Gasteiger partial charge in [0.05, 0.1) is 25.4 Å². The fourth-order valence-electron chi connectivity index (χ4n) is 10.7. The Kier molecular flexibility index (Phi) is 65.4. The zero-order chi connectivity index (χ0) is 56.4. The van der Waals surface area contributed by atoms with E-state index in [4.69, 9.17) is 4.74 Å². The first kappa shape index (κ1) is 75.8. The molecular weight excluding hydrogens is 959 g/mol. The molecular formula is C72H135NO5. The number of nitrogens with one attached hydrogen (secondary N) is 1. The maximum absolute atomic E-state index is 12.4. The van der Waals surface area contributed by atoms with Crippen LogP contribution in [0.15, 0.2) is 48.6 Å². The second-order valence-electron chi connectivity index (χ2n) is 23.9. The zero-order valence-corrected chi connectivity index (χ0v) is 52.4. The largest absolute Gasteiger partial charge is 0.466 e. The van der Waals surface area contributed by atoms with Gasteiger partial charge in [-0.25, -0.2) is 0 Å². The second kappa shape index (κ2) is 67.3. The molecule has 0 rings (SSSR count). The van der Waals surface area contributed by atoms with Gasteiger partial charge in [-0.05, 0) is 83.5 Å². The Morgan fingerprint density at radius 1 is 0.359 bits per heavy atom. The van der Waals surface area contributed by atoms with Crippen LogP contribution in [0.2, 0.25) is 0 Å². The first-order valence-electron chi connectivity index (χ1n) is 34.9. The van der Waals surface area contributed by atoms with E-state index in [9.17, 15) is 19.8 Å². The van der Waals surface area contributed by atoms with Crippen LogP contribution < -0.4 is 5.32 Å². The van der Waals surface area contributed by atoms with Crippen molar-refractivity contribution in [2.75, 3.05) is 13.2 Å². The molecule has 0 saturated carbocycles. The highest BCUT2D eigenvalue weighted by atomic mass is 16.5. The molecule has 458 valence electrons. The minimum atomic E-state index is -0.841. The van der Waals surface area contributed by atoms with E-state index in [1.165, 1.54) is 295 Å². The Bertz CT molecular complexity index is 1310. The van der Waals surface area contributed by atoms with E-state index in [1.54, 1.807) is 6.08 Å². The summed E-state index contributed by atoms with van der Waals surface area (Å²) >= 11 is 0. The quantitative estimate of drug-likeness (QED) is 0.0320. The number of esters is 1. The van der Waals surface area contributed by atoms with E-state index in [2.05, 4.69) is 55.6 Å². The Hall–Kier alpha value is -2.18. The molecule has 0 aliphatic heterocycles. The molecule has 0 aliphatic rings. The summed E-state index contributed by atoms with van der Waals surface area (Å²) in [6.45, 7) is 4.87. The van der Waals surface area contributed by atoms with E-state index in [0.29, 0.717) is 19.4 Å². The monoisotopic (exact) mass is 1090 g/mol. The lowest BCUT2D eigenvalue weighted by molar-refractivity contribution is -0.143. The van der Waals surface area contributed by atoms with Gasteiger partial charge in [0.1, 0.15) is 0 Å². The van der Waals surface area contributed by atoms with Gasteiger partial charge in [0.15, 0.2) is 0 Å². The molecule has 3 N–H and O–H groups in total. The molecule has 0 fully saturated rings. The molecule has 0 bridgehead atoms. The van der Waals surface area contributed by atoms with Gasteiger partial charge >= 0.3 is 5.97 Å². The van der Waals surface area contributed by atoms with Crippen LogP contribution in [0.25, 0.3) is 0 Å². The fraction of sp³-hybridized carbons (Fsp3) is 0.861. The molecule has 0 aliphatic carbocycles. The van der Waals surface area contributed by atoms with Gasteiger partial charge in [-0.3, -0.25) is 9.59 Å². The number of rotatable bonds is 65. The van der Waals surface area contributed by atoms with Crippen molar-refractivity contribution in [2.24, 2.45) is 0 Å². The molecule has 2 atom stereocenters. The van der Waals surface area contributed by atoms with E-state index in [0.717, 1.165) is 51.4 Å². The summed E-state index contributed by atoms with van der Waals surface area (Å²) in [6.07, 6.45) is 87.9. The Balaban J connectivity index is 3.35. The minimum Gasteiger partial charge on any atom is -0.466 e. The van der Waals surface area contributed by atoms with E-state index >= 15 is 0 Å². The van der Waals surface area contributed by atoms with Crippen LogP contribution in [0.3, 0.4) is 0 Å². The third-order valence-electron chi connectivity index (χ3n) is 16.1. The summed E-state index contributed by atoms with van der Waals surface area (Å²) in [4.78, 5) is 24.4. The predicted octanol–water partition coefficient (Wildman–Crippen LogP) is 22.5. The van der Waals surface area contributed by atoms with Crippen molar-refractivity contribution >= 4 is 11.9 Å². The molecule has 0 aromatic rings. The van der Waals surface area contributed by atoms with Gasteiger partial charge < -0.3 is 20.3 Å². The van der Waals surface area contributed by atoms with E-state index in [-0.39, 0.29) is 18.5 Å². The van der Waals surface area contributed by atoms with Crippen molar-refractivity contribution < 1.29 is 24.5 Å². The number of hydrogen-bond donors (Lipinski definition) is 3. The lowest BCUT2D eigenvalue weighted by atomic mass is 10.0.